The third-order valence-corrected chi connectivity index (χ3v) is 3.54. The van der Waals surface area contributed by atoms with E-state index in [1.807, 2.05) is 57.2 Å². The van der Waals surface area contributed by atoms with Gasteiger partial charge < -0.3 is 19.5 Å². The van der Waals surface area contributed by atoms with E-state index < -0.39 is 0 Å². The number of aryl methyl sites for hydroxylation is 1. The Labute approximate surface area is 155 Å². The second-order valence-electron chi connectivity index (χ2n) is 6.30. The fourth-order valence-electron chi connectivity index (χ4n) is 2.17. The van der Waals surface area contributed by atoms with Crippen LogP contribution < -0.4 is 14.8 Å². The number of benzene rings is 2. The van der Waals surface area contributed by atoms with Crippen LogP contribution in [0.5, 0.6) is 17.2 Å². The molecule has 0 saturated carbocycles. The van der Waals surface area contributed by atoms with Gasteiger partial charge in [0.2, 0.25) is 0 Å². The van der Waals surface area contributed by atoms with Crippen molar-refractivity contribution in [1.82, 2.24) is 5.32 Å². The molecule has 1 amide bonds. The zero-order chi connectivity index (χ0) is 18.8. The lowest BCUT2D eigenvalue weighted by Crippen LogP contribution is -2.30. The predicted molar refractivity (Wildman–Crippen MR) is 102 cm³/mol. The lowest BCUT2D eigenvalue weighted by molar-refractivity contribution is -0.123. The summed E-state index contributed by atoms with van der Waals surface area (Å²) >= 11 is 0. The highest BCUT2D eigenvalue weighted by molar-refractivity contribution is 5.77. The minimum Gasteiger partial charge on any atom is -0.484 e. The van der Waals surface area contributed by atoms with Gasteiger partial charge in [0.05, 0.1) is 6.10 Å². The third kappa shape index (κ3) is 7.57. The SMILES string of the molecule is Cc1ccc(Oc2ccc(OCC(=O)NCCCOC(C)C)cc2)cc1. The largest absolute Gasteiger partial charge is 0.484 e. The predicted octanol–water partition coefficient (Wildman–Crippen LogP) is 4.10. The number of amides is 1. The minimum absolute atomic E-state index is 0.0107. The van der Waals surface area contributed by atoms with Gasteiger partial charge in [0.1, 0.15) is 17.2 Å². The van der Waals surface area contributed by atoms with Crippen LogP contribution in [-0.4, -0.2) is 31.8 Å². The number of rotatable bonds is 10. The van der Waals surface area contributed by atoms with Crippen molar-refractivity contribution >= 4 is 5.91 Å². The molecule has 26 heavy (non-hydrogen) atoms. The van der Waals surface area contributed by atoms with Crippen LogP contribution in [0.15, 0.2) is 48.5 Å². The number of hydrogen-bond donors (Lipinski definition) is 1. The molecular weight excluding hydrogens is 330 g/mol. The fourth-order valence-corrected chi connectivity index (χ4v) is 2.17. The van der Waals surface area contributed by atoms with Crippen molar-refractivity contribution in [2.24, 2.45) is 0 Å². The van der Waals surface area contributed by atoms with E-state index in [0.717, 1.165) is 17.9 Å². The maximum absolute atomic E-state index is 11.7. The lowest BCUT2D eigenvalue weighted by Gasteiger charge is -2.10. The van der Waals surface area contributed by atoms with Crippen LogP contribution in [0.2, 0.25) is 0 Å². The highest BCUT2D eigenvalue weighted by atomic mass is 16.5. The van der Waals surface area contributed by atoms with Gasteiger partial charge in [-0.25, -0.2) is 0 Å². The van der Waals surface area contributed by atoms with E-state index in [4.69, 9.17) is 14.2 Å². The summed E-state index contributed by atoms with van der Waals surface area (Å²) in [6.45, 7) is 7.22. The molecule has 5 heteroatoms. The van der Waals surface area contributed by atoms with Gasteiger partial charge in [-0.1, -0.05) is 17.7 Å². The number of nitrogens with one attached hydrogen (secondary N) is 1. The molecule has 2 aromatic carbocycles. The maximum Gasteiger partial charge on any atom is 0.257 e. The van der Waals surface area contributed by atoms with Crippen LogP contribution in [0.1, 0.15) is 25.8 Å². The fraction of sp³-hybridized carbons (Fsp3) is 0.381. The van der Waals surface area contributed by atoms with E-state index in [-0.39, 0.29) is 18.6 Å². The molecule has 0 aliphatic rings. The van der Waals surface area contributed by atoms with Gasteiger partial charge in [-0.3, -0.25) is 4.79 Å². The Hall–Kier alpha value is -2.53. The molecular formula is C21H27NO4. The molecule has 0 unspecified atom stereocenters. The summed E-state index contributed by atoms with van der Waals surface area (Å²) < 4.78 is 16.7. The molecule has 0 saturated heterocycles. The molecule has 2 aromatic rings. The Morgan fingerprint density at radius 1 is 0.962 bits per heavy atom. The summed E-state index contributed by atoms with van der Waals surface area (Å²) in [6.07, 6.45) is 1.00. The zero-order valence-corrected chi connectivity index (χ0v) is 15.7. The zero-order valence-electron chi connectivity index (χ0n) is 15.7. The molecule has 0 spiro atoms. The quantitative estimate of drug-likeness (QED) is 0.651. The van der Waals surface area contributed by atoms with Crippen LogP contribution in [-0.2, 0) is 9.53 Å². The summed E-state index contributed by atoms with van der Waals surface area (Å²) in [7, 11) is 0. The molecule has 0 aliphatic heterocycles. The van der Waals surface area contributed by atoms with E-state index in [1.54, 1.807) is 12.1 Å². The normalized spacial score (nSPS) is 10.6. The average molecular weight is 357 g/mol. The van der Waals surface area contributed by atoms with Crippen molar-refractivity contribution in [1.29, 1.82) is 0 Å². The Balaban J connectivity index is 1.68. The van der Waals surface area contributed by atoms with Gasteiger partial charge in [-0.15, -0.1) is 0 Å². The smallest absolute Gasteiger partial charge is 0.257 e. The second-order valence-corrected chi connectivity index (χ2v) is 6.30. The first-order valence-corrected chi connectivity index (χ1v) is 8.88. The molecule has 0 heterocycles. The molecule has 0 radical (unpaired) electrons. The van der Waals surface area contributed by atoms with Gasteiger partial charge in [0, 0.05) is 13.2 Å². The Morgan fingerprint density at radius 3 is 2.15 bits per heavy atom. The first kappa shape index (κ1) is 19.8. The van der Waals surface area contributed by atoms with Crippen LogP contribution in [0, 0.1) is 6.92 Å². The number of hydrogen-bond acceptors (Lipinski definition) is 4. The maximum atomic E-state index is 11.7. The number of carbonyl (C=O) groups excluding carboxylic acids is 1. The molecule has 2 rings (SSSR count). The first-order chi connectivity index (χ1) is 12.5. The number of carbonyl (C=O) groups is 1. The third-order valence-electron chi connectivity index (χ3n) is 3.54. The Morgan fingerprint density at radius 2 is 1.54 bits per heavy atom. The lowest BCUT2D eigenvalue weighted by atomic mass is 10.2. The number of ether oxygens (including phenoxy) is 3. The van der Waals surface area contributed by atoms with Crippen LogP contribution in [0.25, 0.3) is 0 Å². The topological polar surface area (TPSA) is 56.8 Å². The van der Waals surface area contributed by atoms with Gasteiger partial charge in [0.15, 0.2) is 6.61 Å². The average Bonchev–Trinajstić information content (AvgIpc) is 2.62. The van der Waals surface area contributed by atoms with Crippen molar-refractivity contribution in [3.8, 4) is 17.2 Å². The van der Waals surface area contributed by atoms with Gasteiger partial charge in [-0.05, 0) is 63.6 Å². The Kier molecular flexibility index (Phi) is 7.96. The van der Waals surface area contributed by atoms with Crippen molar-refractivity contribution in [3.05, 3.63) is 54.1 Å². The van der Waals surface area contributed by atoms with Crippen LogP contribution >= 0.6 is 0 Å². The molecule has 0 atom stereocenters. The van der Waals surface area contributed by atoms with E-state index in [0.29, 0.717) is 18.9 Å². The summed E-state index contributed by atoms with van der Waals surface area (Å²) in [4.78, 5) is 11.7. The van der Waals surface area contributed by atoms with E-state index in [2.05, 4.69) is 5.32 Å². The molecule has 0 aromatic heterocycles. The molecule has 1 N–H and O–H groups in total. The summed E-state index contributed by atoms with van der Waals surface area (Å²) in [5.74, 6) is 1.98. The van der Waals surface area contributed by atoms with Crippen molar-refractivity contribution in [2.75, 3.05) is 19.8 Å². The van der Waals surface area contributed by atoms with Gasteiger partial charge in [0.25, 0.3) is 5.91 Å². The molecule has 140 valence electrons. The standard InChI is InChI=1S/C21H27NO4/c1-16(2)24-14-4-13-22-21(23)15-25-18-9-11-20(12-10-18)26-19-7-5-17(3)6-8-19/h5-12,16H,4,13-15H2,1-3H3,(H,22,23). The monoisotopic (exact) mass is 357 g/mol. The molecule has 0 fully saturated rings. The van der Waals surface area contributed by atoms with E-state index >= 15 is 0 Å². The highest BCUT2D eigenvalue weighted by Crippen LogP contribution is 2.24. The Bertz CT molecular complexity index is 665. The van der Waals surface area contributed by atoms with Gasteiger partial charge in [-0.2, -0.15) is 0 Å². The molecule has 0 bridgehead atoms. The minimum atomic E-state index is -0.144. The summed E-state index contributed by atoms with van der Waals surface area (Å²) in [6, 6.07) is 15.1. The van der Waals surface area contributed by atoms with Crippen LogP contribution in [0.4, 0.5) is 0 Å². The summed E-state index contributed by atoms with van der Waals surface area (Å²) in [5, 5.41) is 2.81. The first-order valence-electron chi connectivity index (χ1n) is 8.88. The summed E-state index contributed by atoms with van der Waals surface area (Å²) in [5.41, 5.74) is 1.19. The highest BCUT2D eigenvalue weighted by Gasteiger charge is 2.03. The van der Waals surface area contributed by atoms with Crippen molar-refractivity contribution < 1.29 is 19.0 Å². The second kappa shape index (κ2) is 10.5. The molecule has 0 aliphatic carbocycles. The van der Waals surface area contributed by atoms with Crippen molar-refractivity contribution in [3.63, 3.8) is 0 Å². The van der Waals surface area contributed by atoms with Gasteiger partial charge >= 0.3 is 0 Å². The van der Waals surface area contributed by atoms with E-state index in [1.165, 1.54) is 5.56 Å². The molecule has 5 nitrogen and oxygen atoms in total. The van der Waals surface area contributed by atoms with Crippen molar-refractivity contribution in [2.45, 2.75) is 33.3 Å². The van der Waals surface area contributed by atoms with E-state index in [9.17, 15) is 4.79 Å². The van der Waals surface area contributed by atoms with Crippen LogP contribution in [0.3, 0.4) is 0 Å².